The molecule has 2 heterocycles. The summed E-state index contributed by atoms with van der Waals surface area (Å²) in [7, 11) is 0. The summed E-state index contributed by atoms with van der Waals surface area (Å²) in [6.07, 6.45) is 1.41. The van der Waals surface area contributed by atoms with Crippen molar-refractivity contribution in [1.82, 2.24) is 0 Å². The Balaban J connectivity index is 1.75. The number of hydrogen-bond donors (Lipinski definition) is 1. The first-order valence-corrected chi connectivity index (χ1v) is 8.52. The lowest BCUT2D eigenvalue weighted by atomic mass is 9.99. The number of carbonyl (C=O) groups excluding carboxylic acids is 2. The second-order valence-electron chi connectivity index (χ2n) is 6.17. The number of nitrogens with one attached hydrogen (secondary N) is 1. The van der Waals surface area contributed by atoms with Gasteiger partial charge in [0.25, 0.3) is 5.91 Å². The standard InChI is InChI=1S/C21H17NO5/c1-13-4-6-14(7-5-13)20(23)15-11-18-19(27-10-9-26-18)12-16(15)22-21(24)17-3-2-8-25-17/h2-8,11-12H,9-10H2,1H3,(H,22,24). The number of rotatable bonds is 4. The third-order valence-corrected chi connectivity index (χ3v) is 4.23. The minimum absolute atomic E-state index is 0.152. The predicted molar refractivity (Wildman–Crippen MR) is 98.7 cm³/mol. The Morgan fingerprint density at radius 2 is 1.67 bits per heavy atom. The fraction of sp³-hybridized carbons (Fsp3) is 0.143. The zero-order chi connectivity index (χ0) is 18.8. The number of furan rings is 1. The van der Waals surface area contributed by atoms with Gasteiger partial charge in [0, 0.05) is 11.6 Å². The third-order valence-electron chi connectivity index (χ3n) is 4.23. The van der Waals surface area contributed by atoms with Gasteiger partial charge in [-0.15, -0.1) is 0 Å². The quantitative estimate of drug-likeness (QED) is 0.713. The molecule has 1 aliphatic rings. The van der Waals surface area contributed by atoms with Gasteiger partial charge in [-0.1, -0.05) is 29.8 Å². The normalized spacial score (nSPS) is 12.5. The molecule has 4 rings (SSSR count). The minimum atomic E-state index is -0.449. The Morgan fingerprint density at radius 1 is 0.963 bits per heavy atom. The second-order valence-corrected chi connectivity index (χ2v) is 6.17. The molecule has 0 fully saturated rings. The van der Waals surface area contributed by atoms with E-state index in [1.54, 1.807) is 36.4 Å². The lowest BCUT2D eigenvalue weighted by molar-refractivity contribution is 0.0996. The highest BCUT2D eigenvalue weighted by Crippen LogP contribution is 2.36. The van der Waals surface area contributed by atoms with Crippen molar-refractivity contribution in [3.05, 3.63) is 77.2 Å². The Bertz CT molecular complexity index is 990. The molecule has 0 unspecified atom stereocenters. The summed E-state index contributed by atoms with van der Waals surface area (Å²) in [5, 5.41) is 2.74. The van der Waals surface area contributed by atoms with Crippen LogP contribution in [0, 0.1) is 6.92 Å². The molecule has 6 heteroatoms. The van der Waals surface area contributed by atoms with Gasteiger partial charge in [0.15, 0.2) is 23.0 Å². The smallest absolute Gasteiger partial charge is 0.291 e. The average molecular weight is 363 g/mol. The molecular weight excluding hydrogens is 346 g/mol. The minimum Gasteiger partial charge on any atom is -0.486 e. The summed E-state index contributed by atoms with van der Waals surface area (Å²) < 4.78 is 16.3. The zero-order valence-corrected chi connectivity index (χ0v) is 14.7. The Hall–Kier alpha value is -3.54. The van der Waals surface area contributed by atoms with E-state index in [2.05, 4.69) is 5.32 Å². The number of amides is 1. The van der Waals surface area contributed by atoms with Gasteiger partial charge in [-0.05, 0) is 25.1 Å². The van der Waals surface area contributed by atoms with Crippen molar-refractivity contribution in [2.45, 2.75) is 6.92 Å². The van der Waals surface area contributed by atoms with E-state index >= 15 is 0 Å². The van der Waals surface area contributed by atoms with Crippen molar-refractivity contribution < 1.29 is 23.5 Å². The zero-order valence-electron chi connectivity index (χ0n) is 14.7. The van der Waals surface area contributed by atoms with Crippen LogP contribution in [-0.2, 0) is 0 Å². The molecule has 27 heavy (non-hydrogen) atoms. The van der Waals surface area contributed by atoms with Gasteiger partial charge >= 0.3 is 0 Å². The van der Waals surface area contributed by atoms with Crippen LogP contribution in [0.4, 0.5) is 5.69 Å². The first kappa shape index (κ1) is 16.9. The van der Waals surface area contributed by atoms with Crippen LogP contribution in [0.25, 0.3) is 0 Å². The van der Waals surface area contributed by atoms with E-state index in [4.69, 9.17) is 13.9 Å². The number of anilines is 1. The van der Waals surface area contributed by atoms with E-state index in [0.717, 1.165) is 5.56 Å². The van der Waals surface area contributed by atoms with Crippen LogP contribution in [0.5, 0.6) is 11.5 Å². The monoisotopic (exact) mass is 363 g/mol. The summed E-state index contributed by atoms with van der Waals surface area (Å²) in [6.45, 7) is 2.76. The molecule has 0 atom stereocenters. The van der Waals surface area contributed by atoms with Crippen molar-refractivity contribution in [3.8, 4) is 11.5 Å². The highest BCUT2D eigenvalue weighted by molar-refractivity contribution is 6.15. The third kappa shape index (κ3) is 3.42. The van der Waals surface area contributed by atoms with Crippen LogP contribution < -0.4 is 14.8 Å². The Labute approximate surface area is 155 Å². The first-order valence-electron chi connectivity index (χ1n) is 8.52. The van der Waals surface area contributed by atoms with Gasteiger partial charge in [0.1, 0.15) is 13.2 Å². The van der Waals surface area contributed by atoms with Crippen molar-refractivity contribution in [3.63, 3.8) is 0 Å². The van der Waals surface area contributed by atoms with Crippen LogP contribution in [0.2, 0.25) is 0 Å². The number of fused-ring (bicyclic) bond motifs is 1. The summed E-state index contributed by atoms with van der Waals surface area (Å²) in [5.74, 6) is 0.444. The first-order chi connectivity index (χ1) is 13.1. The van der Waals surface area contributed by atoms with Gasteiger partial charge in [-0.25, -0.2) is 0 Å². The molecule has 1 aliphatic heterocycles. The molecule has 1 amide bonds. The lowest BCUT2D eigenvalue weighted by Crippen LogP contribution is -2.19. The molecule has 0 saturated carbocycles. The Morgan fingerprint density at radius 3 is 2.33 bits per heavy atom. The number of aryl methyl sites for hydroxylation is 1. The maximum absolute atomic E-state index is 13.1. The molecule has 0 aliphatic carbocycles. The van der Waals surface area contributed by atoms with Gasteiger partial charge in [-0.3, -0.25) is 9.59 Å². The van der Waals surface area contributed by atoms with Crippen molar-refractivity contribution in [2.75, 3.05) is 18.5 Å². The van der Waals surface area contributed by atoms with E-state index in [9.17, 15) is 9.59 Å². The van der Waals surface area contributed by atoms with Crippen molar-refractivity contribution in [1.29, 1.82) is 0 Å². The van der Waals surface area contributed by atoms with Gasteiger partial charge < -0.3 is 19.2 Å². The van der Waals surface area contributed by atoms with Crippen LogP contribution in [-0.4, -0.2) is 24.9 Å². The van der Waals surface area contributed by atoms with Gasteiger partial charge in [0.05, 0.1) is 17.5 Å². The highest BCUT2D eigenvalue weighted by Gasteiger charge is 2.22. The number of ketones is 1. The fourth-order valence-electron chi connectivity index (χ4n) is 2.83. The van der Waals surface area contributed by atoms with Crippen LogP contribution in [0.1, 0.15) is 32.0 Å². The maximum atomic E-state index is 13.1. The van der Waals surface area contributed by atoms with E-state index in [0.29, 0.717) is 41.5 Å². The molecule has 0 saturated heterocycles. The molecule has 0 bridgehead atoms. The average Bonchev–Trinajstić information content (AvgIpc) is 3.22. The molecule has 0 spiro atoms. The Kier molecular flexibility index (Phi) is 4.38. The summed E-state index contributed by atoms with van der Waals surface area (Å²) in [4.78, 5) is 25.5. The van der Waals surface area contributed by atoms with E-state index in [1.165, 1.54) is 6.26 Å². The number of ether oxygens (including phenoxy) is 2. The molecule has 136 valence electrons. The number of carbonyl (C=O) groups is 2. The van der Waals surface area contributed by atoms with Crippen molar-refractivity contribution >= 4 is 17.4 Å². The topological polar surface area (TPSA) is 77.8 Å². The van der Waals surface area contributed by atoms with Crippen LogP contribution >= 0.6 is 0 Å². The molecule has 6 nitrogen and oxygen atoms in total. The van der Waals surface area contributed by atoms with Gasteiger partial charge in [0.2, 0.25) is 0 Å². The molecular formula is C21H17NO5. The van der Waals surface area contributed by atoms with E-state index in [1.807, 2.05) is 19.1 Å². The predicted octanol–water partition coefficient (Wildman–Crippen LogP) is 3.84. The summed E-state index contributed by atoms with van der Waals surface area (Å²) in [5.41, 5.74) is 2.24. The van der Waals surface area contributed by atoms with E-state index in [-0.39, 0.29) is 11.5 Å². The molecule has 3 aromatic rings. The van der Waals surface area contributed by atoms with E-state index < -0.39 is 5.91 Å². The molecule has 2 aromatic carbocycles. The van der Waals surface area contributed by atoms with Crippen LogP contribution in [0.3, 0.4) is 0 Å². The molecule has 1 N–H and O–H groups in total. The van der Waals surface area contributed by atoms with Gasteiger partial charge in [-0.2, -0.15) is 0 Å². The van der Waals surface area contributed by atoms with Crippen molar-refractivity contribution in [2.24, 2.45) is 0 Å². The largest absolute Gasteiger partial charge is 0.486 e. The van der Waals surface area contributed by atoms with Crippen LogP contribution in [0.15, 0.2) is 59.2 Å². The fourth-order valence-corrected chi connectivity index (χ4v) is 2.83. The summed E-state index contributed by atoms with van der Waals surface area (Å²) >= 11 is 0. The maximum Gasteiger partial charge on any atom is 0.291 e. The second kappa shape index (κ2) is 6.99. The SMILES string of the molecule is Cc1ccc(C(=O)c2cc3c(cc2NC(=O)c2ccco2)OCCO3)cc1. The molecule has 1 aromatic heterocycles. The molecule has 0 radical (unpaired) electrons. The number of benzene rings is 2. The summed E-state index contributed by atoms with van der Waals surface area (Å²) in [6, 6.07) is 13.6. The number of hydrogen-bond acceptors (Lipinski definition) is 5. The lowest BCUT2D eigenvalue weighted by Gasteiger charge is -2.21. The highest BCUT2D eigenvalue weighted by atomic mass is 16.6.